The van der Waals surface area contributed by atoms with Gasteiger partial charge in [0, 0.05) is 5.25 Å². The number of hydrogen-bond acceptors (Lipinski definition) is 6. The monoisotopic (exact) mass is 265 g/mol. The number of ether oxygens (including phenoxy) is 1. The molecule has 1 rings (SSSR count). The molecule has 0 aliphatic carbocycles. The predicted octanol–water partition coefficient (Wildman–Crippen LogP) is 2.01. The van der Waals surface area contributed by atoms with E-state index in [1.807, 2.05) is 20.8 Å². The fourth-order valence-electron chi connectivity index (χ4n) is 1.35. The summed E-state index contributed by atoms with van der Waals surface area (Å²) < 4.78 is 4.60. The summed E-state index contributed by atoms with van der Waals surface area (Å²) in [7, 11) is 1.36. The molecule has 0 N–H and O–H groups in total. The van der Waals surface area contributed by atoms with Crippen molar-refractivity contribution in [1.82, 2.24) is 10.2 Å². The van der Waals surface area contributed by atoms with E-state index in [1.165, 1.54) is 18.9 Å². The Kier molecular flexibility index (Phi) is 5.10. The lowest BCUT2D eigenvalue weighted by Gasteiger charge is -2.11. The minimum atomic E-state index is -0.273. The van der Waals surface area contributed by atoms with Gasteiger partial charge in [0.15, 0.2) is 0 Å². The van der Waals surface area contributed by atoms with E-state index in [4.69, 9.17) is 5.26 Å². The second-order valence-electron chi connectivity index (χ2n) is 3.91. The summed E-state index contributed by atoms with van der Waals surface area (Å²) in [6, 6.07) is 2.14. The van der Waals surface area contributed by atoms with Crippen molar-refractivity contribution in [2.24, 2.45) is 0 Å². The Morgan fingerprint density at radius 3 is 2.72 bits per heavy atom. The van der Waals surface area contributed by atoms with Gasteiger partial charge in [-0.25, -0.2) is 0 Å². The highest BCUT2D eigenvalue weighted by Gasteiger charge is 2.16. The molecule has 0 amide bonds. The molecule has 1 aromatic rings. The highest BCUT2D eigenvalue weighted by molar-refractivity contribution is 7.99. The van der Waals surface area contributed by atoms with Crippen LogP contribution in [0.25, 0.3) is 0 Å². The summed E-state index contributed by atoms with van der Waals surface area (Å²) in [6.45, 7) is 5.55. The van der Waals surface area contributed by atoms with Gasteiger partial charge in [0.2, 0.25) is 0 Å². The molecule has 1 heterocycles. The molecule has 96 valence electrons. The van der Waals surface area contributed by atoms with Crippen molar-refractivity contribution in [3.63, 3.8) is 0 Å². The number of methoxy groups -OCH3 is 1. The van der Waals surface area contributed by atoms with E-state index in [-0.39, 0.29) is 17.6 Å². The first kappa shape index (κ1) is 14.5. The fraction of sp³-hybridized carbons (Fsp3) is 0.500. The van der Waals surface area contributed by atoms with Crippen molar-refractivity contribution in [1.29, 1.82) is 5.26 Å². The van der Waals surface area contributed by atoms with E-state index in [2.05, 4.69) is 21.0 Å². The van der Waals surface area contributed by atoms with Crippen LogP contribution in [0.4, 0.5) is 0 Å². The van der Waals surface area contributed by atoms with Gasteiger partial charge in [-0.2, -0.15) is 10.4 Å². The zero-order chi connectivity index (χ0) is 13.7. The third kappa shape index (κ3) is 3.44. The van der Waals surface area contributed by atoms with Crippen LogP contribution in [0, 0.1) is 25.2 Å². The van der Waals surface area contributed by atoms with Crippen LogP contribution in [-0.2, 0) is 9.53 Å². The lowest BCUT2D eigenvalue weighted by atomic mass is 10.1. The first-order valence-electron chi connectivity index (χ1n) is 5.47. The summed E-state index contributed by atoms with van der Waals surface area (Å²) in [5.41, 5.74) is 2.11. The Bertz CT molecular complexity index is 497. The molecule has 0 aliphatic rings. The topological polar surface area (TPSA) is 75.9 Å². The average Bonchev–Trinajstić information content (AvgIpc) is 2.34. The van der Waals surface area contributed by atoms with Gasteiger partial charge in [-0.05, 0) is 19.4 Å². The van der Waals surface area contributed by atoms with Gasteiger partial charge in [0.1, 0.15) is 11.1 Å². The van der Waals surface area contributed by atoms with Crippen LogP contribution in [0.5, 0.6) is 0 Å². The van der Waals surface area contributed by atoms with E-state index >= 15 is 0 Å². The maximum Gasteiger partial charge on any atom is 0.306 e. The number of carbonyl (C=O) groups excluding carboxylic acids is 1. The number of aromatic nitrogens is 2. The Balaban J connectivity index is 2.89. The summed E-state index contributed by atoms with van der Waals surface area (Å²) >= 11 is 1.36. The van der Waals surface area contributed by atoms with Crippen molar-refractivity contribution >= 4 is 17.7 Å². The molecule has 0 radical (unpaired) electrons. The summed E-state index contributed by atoms with van der Waals surface area (Å²) in [5, 5.41) is 17.7. The fourth-order valence-corrected chi connectivity index (χ4v) is 2.36. The van der Waals surface area contributed by atoms with Crippen LogP contribution >= 0.6 is 11.8 Å². The van der Waals surface area contributed by atoms with Crippen molar-refractivity contribution in [3.05, 3.63) is 16.8 Å². The molecule has 5 nitrogen and oxygen atoms in total. The molecule has 0 saturated heterocycles. The minimum Gasteiger partial charge on any atom is -0.469 e. The molecule has 0 bridgehead atoms. The van der Waals surface area contributed by atoms with E-state index in [9.17, 15) is 4.79 Å². The highest BCUT2D eigenvalue weighted by atomic mass is 32.2. The van der Waals surface area contributed by atoms with Gasteiger partial charge in [-0.3, -0.25) is 4.79 Å². The number of carbonyl (C=O) groups is 1. The first-order chi connectivity index (χ1) is 8.49. The maximum atomic E-state index is 11.2. The Labute approximate surface area is 111 Å². The van der Waals surface area contributed by atoms with E-state index < -0.39 is 0 Å². The summed E-state index contributed by atoms with van der Waals surface area (Å²) in [5.74, 6) is -0.273. The lowest BCUT2D eigenvalue weighted by molar-refractivity contribution is -0.140. The lowest BCUT2D eigenvalue weighted by Crippen LogP contribution is -2.10. The van der Waals surface area contributed by atoms with E-state index in [1.54, 1.807) is 0 Å². The van der Waals surface area contributed by atoms with Crippen LogP contribution in [-0.4, -0.2) is 28.5 Å². The molecule has 0 saturated carbocycles. The average molecular weight is 265 g/mol. The van der Waals surface area contributed by atoms with Crippen LogP contribution in [0.3, 0.4) is 0 Å². The van der Waals surface area contributed by atoms with Crippen LogP contribution in [0.1, 0.15) is 30.2 Å². The first-order valence-corrected chi connectivity index (χ1v) is 6.35. The highest BCUT2D eigenvalue weighted by Crippen LogP contribution is 2.28. The van der Waals surface area contributed by atoms with Crippen LogP contribution in [0.15, 0.2) is 5.03 Å². The number of nitrogens with zero attached hydrogens (tertiary/aromatic N) is 3. The number of esters is 1. The maximum absolute atomic E-state index is 11.2. The van der Waals surface area contributed by atoms with Crippen LogP contribution in [0.2, 0.25) is 0 Å². The molecule has 0 fully saturated rings. The van der Waals surface area contributed by atoms with Gasteiger partial charge in [-0.15, -0.1) is 5.10 Å². The quantitative estimate of drug-likeness (QED) is 0.612. The molecule has 6 heteroatoms. The second-order valence-corrected chi connectivity index (χ2v) is 5.34. The third-order valence-electron chi connectivity index (χ3n) is 2.53. The number of hydrogen-bond donors (Lipinski definition) is 0. The van der Waals surface area contributed by atoms with Crippen molar-refractivity contribution < 1.29 is 9.53 Å². The number of aryl methyl sites for hydroxylation is 1. The molecule has 0 spiro atoms. The SMILES string of the molecule is COC(=O)CC(C)Sc1nnc(C)c(C)c1C#N. The zero-order valence-electron chi connectivity index (χ0n) is 10.9. The normalized spacial score (nSPS) is 11.7. The van der Waals surface area contributed by atoms with Crippen molar-refractivity contribution in [3.8, 4) is 6.07 Å². The Hall–Kier alpha value is -1.61. The number of thioether (sulfide) groups is 1. The molecule has 1 unspecified atom stereocenters. The largest absolute Gasteiger partial charge is 0.469 e. The van der Waals surface area contributed by atoms with Crippen molar-refractivity contribution in [2.45, 2.75) is 37.5 Å². The molecule has 1 aromatic heterocycles. The Morgan fingerprint density at radius 1 is 1.50 bits per heavy atom. The number of nitriles is 1. The number of rotatable bonds is 4. The predicted molar refractivity (Wildman–Crippen MR) is 68.2 cm³/mol. The smallest absolute Gasteiger partial charge is 0.306 e. The summed E-state index contributed by atoms with van der Waals surface area (Å²) in [6.07, 6.45) is 0.278. The summed E-state index contributed by atoms with van der Waals surface area (Å²) in [4.78, 5) is 11.2. The van der Waals surface area contributed by atoms with Gasteiger partial charge < -0.3 is 4.74 Å². The Morgan fingerprint density at radius 2 is 2.17 bits per heavy atom. The zero-order valence-corrected chi connectivity index (χ0v) is 11.7. The van der Waals surface area contributed by atoms with Gasteiger partial charge in [-0.1, -0.05) is 18.7 Å². The molecular weight excluding hydrogens is 250 g/mol. The van der Waals surface area contributed by atoms with Gasteiger partial charge >= 0.3 is 5.97 Å². The van der Waals surface area contributed by atoms with E-state index in [0.717, 1.165) is 11.3 Å². The second kappa shape index (κ2) is 6.36. The minimum absolute atomic E-state index is 0.0130. The molecule has 0 aromatic carbocycles. The molecular formula is C12H15N3O2S. The molecule has 0 aliphatic heterocycles. The standard InChI is InChI=1S/C12H15N3O2S/c1-7(5-11(16)17-4)18-12-10(6-13)8(2)9(3)14-15-12/h7H,5H2,1-4H3. The van der Waals surface area contributed by atoms with Gasteiger partial charge in [0.05, 0.1) is 24.8 Å². The third-order valence-corrected chi connectivity index (χ3v) is 3.61. The van der Waals surface area contributed by atoms with Crippen molar-refractivity contribution in [2.75, 3.05) is 7.11 Å². The van der Waals surface area contributed by atoms with E-state index in [0.29, 0.717) is 10.6 Å². The molecule has 1 atom stereocenters. The van der Waals surface area contributed by atoms with Crippen LogP contribution < -0.4 is 0 Å². The molecule has 18 heavy (non-hydrogen) atoms. The van der Waals surface area contributed by atoms with Gasteiger partial charge in [0.25, 0.3) is 0 Å².